The van der Waals surface area contributed by atoms with Crippen LogP contribution in [0.4, 0.5) is 13.2 Å². The lowest BCUT2D eigenvalue weighted by Crippen LogP contribution is -2.22. The van der Waals surface area contributed by atoms with Gasteiger partial charge in [0.2, 0.25) is 0 Å². The highest BCUT2D eigenvalue weighted by atomic mass is 19.4. The van der Waals surface area contributed by atoms with Gasteiger partial charge in [-0.2, -0.15) is 13.2 Å². The fraction of sp³-hybridized carbons (Fsp3) is 0.310. The third kappa shape index (κ3) is 7.49. The number of nitrogens with one attached hydrogen (secondary N) is 1. The van der Waals surface area contributed by atoms with Crippen molar-refractivity contribution in [2.24, 2.45) is 0 Å². The molecule has 0 atom stereocenters. The first-order valence-corrected chi connectivity index (χ1v) is 11.9. The van der Waals surface area contributed by atoms with Crippen molar-refractivity contribution in [2.45, 2.75) is 38.8 Å². The third-order valence-electron chi connectivity index (χ3n) is 5.56. The Morgan fingerprint density at radius 1 is 0.706 bits per heavy atom. The molecule has 3 rings (SSSR count). The number of allylic oxidation sites excluding steroid dienone is 1. The van der Waals surface area contributed by atoms with E-state index in [1.54, 1.807) is 72.8 Å². The van der Waals surface area contributed by atoms with Crippen molar-refractivity contribution in [1.29, 1.82) is 0 Å². The molecule has 0 amide bonds. The second-order valence-corrected chi connectivity index (χ2v) is 8.16. The number of halogens is 3. The van der Waals surface area contributed by atoms with Crippen LogP contribution in [0.3, 0.4) is 0 Å². The Labute approximate surface area is 200 Å². The van der Waals surface area contributed by atoms with Gasteiger partial charge in [-0.1, -0.05) is 99.0 Å². The zero-order chi connectivity index (χ0) is 24.2. The number of benzene rings is 3. The SMILES string of the molecule is CCCCCCNCCOc1ccc(C(=C(c2ccccc2)C(F)(F)F)c2ccccc2)cc1. The number of unbranched alkanes of at least 4 members (excludes halogenated alkanes) is 3. The summed E-state index contributed by atoms with van der Waals surface area (Å²) in [6, 6.07) is 23.5. The molecule has 0 aliphatic heterocycles. The quantitative estimate of drug-likeness (QED) is 0.217. The fourth-order valence-corrected chi connectivity index (χ4v) is 3.88. The summed E-state index contributed by atoms with van der Waals surface area (Å²) in [6.07, 6.45) is 0.330. The molecule has 2 nitrogen and oxygen atoms in total. The predicted octanol–water partition coefficient (Wildman–Crippen LogP) is 7.76. The molecule has 0 saturated carbocycles. The van der Waals surface area contributed by atoms with E-state index in [0.717, 1.165) is 19.5 Å². The van der Waals surface area contributed by atoms with Gasteiger partial charge >= 0.3 is 6.18 Å². The Balaban J connectivity index is 1.81. The van der Waals surface area contributed by atoms with E-state index in [2.05, 4.69) is 12.2 Å². The molecule has 0 unspecified atom stereocenters. The summed E-state index contributed by atoms with van der Waals surface area (Å²) in [5.74, 6) is 0.636. The predicted molar refractivity (Wildman–Crippen MR) is 134 cm³/mol. The lowest BCUT2D eigenvalue weighted by molar-refractivity contribution is -0.0685. The number of rotatable bonds is 12. The molecule has 0 aliphatic carbocycles. The van der Waals surface area contributed by atoms with Crippen molar-refractivity contribution in [3.8, 4) is 5.75 Å². The molecule has 5 heteroatoms. The molecule has 34 heavy (non-hydrogen) atoms. The van der Waals surface area contributed by atoms with Crippen molar-refractivity contribution in [1.82, 2.24) is 5.32 Å². The second-order valence-electron chi connectivity index (χ2n) is 8.16. The summed E-state index contributed by atoms with van der Waals surface area (Å²) in [5.41, 5.74) is 0.641. The molecule has 1 N–H and O–H groups in total. The molecule has 0 radical (unpaired) electrons. The normalized spacial score (nSPS) is 12.4. The van der Waals surface area contributed by atoms with Gasteiger partial charge < -0.3 is 10.1 Å². The van der Waals surface area contributed by atoms with Gasteiger partial charge in [-0.25, -0.2) is 0 Å². The van der Waals surface area contributed by atoms with Gasteiger partial charge in [0.25, 0.3) is 0 Å². The average Bonchev–Trinajstić information content (AvgIpc) is 2.85. The highest BCUT2D eigenvalue weighted by Gasteiger charge is 2.38. The largest absolute Gasteiger partial charge is 0.492 e. The summed E-state index contributed by atoms with van der Waals surface area (Å²) in [4.78, 5) is 0. The minimum Gasteiger partial charge on any atom is -0.492 e. The van der Waals surface area contributed by atoms with Crippen molar-refractivity contribution in [2.75, 3.05) is 19.7 Å². The molecule has 0 bridgehead atoms. The van der Waals surface area contributed by atoms with E-state index in [4.69, 9.17) is 4.74 Å². The topological polar surface area (TPSA) is 21.3 Å². The molecule has 0 saturated heterocycles. The van der Waals surface area contributed by atoms with Gasteiger partial charge in [0, 0.05) is 12.1 Å². The monoisotopic (exact) mass is 467 g/mol. The fourth-order valence-electron chi connectivity index (χ4n) is 3.88. The molecule has 3 aromatic rings. The van der Waals surface area contributed by atoms with E-state index in [1.165, 1.54) is 31.4 Å². The van der Waals surface area contributed by atoms with Crippen LogP contribution in [0.15, 0.2) is 84.9 Å². The first kappa shape index (κ1) is 25.6. The van der Waals surface area contributed by atoms with Crippen LogP contribution < -0.4 is 10.1 Å². The molecular formula is C29H32F3NO. The first-order chi connectivity index (χ1) is 16.5. The first-order valence-electron chi connectivity index (χ1n) is 11.9. The molecule has 0 aromatic heterocycles. The Morgan fingerprint density at radius 2 is 1.29 bits per heavy atom. The summed E-state index contributed by atoms with van der Waals surface area (Å²) < 4.78 is 48.8. The number of ether oxygens (including phenoxy) is 1. The van der Waals surface area contributed by atoms with E-state index in [-0.39, 0.29) is 11.1 Å². The summed E-state index contributed by atoms with van der Waals surface area (Å²) in [5, 5.41) is 3.36. The minimum absolute atomic E-state index is 0.138. The van der Waals surface area contributed by atoms with E-state index < -0.39 is 11.7 Å². The van der Waals surface area contributed by atoms with Gasteiger partial charge in [0.1, 0.15) is 12.4 Å². The van der Waals surface area contributed by atoms with Crippen molar-refractivity contribution in [3.05, 3.63) is 102 Å². The lowest BCUT2D eigenvalue weighted by atomic mass is 9.89. The van der Waals surface area contributed by atoms with Gasteiger partial charge in [-0.05, 0) is 41.8 Å². The second kappa shape index (κ2) is 13.0. The van der Waals surface area contributed by atoms with Crippen LogP contribution in [0.5, 0.6) is 5.75 Å². The number of hydrogen-bond acceptors (Lipinski definition) is 2. The highest BCUT2D eigenvalue weighted by Crippen LogP contribution is 2.42. The van der Waals surface area contributed by atoms with Crippen LogP contribution in [0, 0.1) is 0 Å². The van der Waals surface area contributed by atoms with Crippen LogP contribution >= 0.6 is 0 Å². The summed E-state index contributed by atoms with van der Waals surface area (Å²) in [6.45, 7) is 4.39. The zero-order valence-corrected chi connectivity index (χ0v) is 19.6. The van der Waals surface area contributed by atoms with E-state index >= 15 is 0 Å². The maximum Gasteiger partial charge on any atom is 0.417 e. The molecule has 0 aliphatic rings. The number of alkyl halides is 3. The van der Waals surface area contributed by atoms with Gasteiger partial charge in [0.05, 0.1) is 5.57 Å². The van der Waals surface area contributed by atoms with Crippen LogP contribution in [0.25, 0.3) is 11.1 Å². The van der Waals surface area contributed by atoms with Crippen LogP contribution in [-0.4, -0.2) is 25.9 Å². The van der Waals surface area contributed by atoms with Crippen LogP contribution in [-0.2, 0) is 0 Å². The highest BCUT2D eigenvalue weighted by molar-refractivity contribution is 6.00. The van der Waals surface area contributed by atoms with Gasteiger partial charge in [-0.15, -0.1) is 0 Å². The molecule has 0 heterocycles. The Kier molecular flexibility index (Phi) is 9.77. The Hall–Kier alpha value is -3.05. The molecule has 0 fully saturated rings. The average molecular weight is 468 g/mol. The lowest BCUT2D eigenvalue weighted by Gasteiger charge is -2.20. The third-order valence-corrected chi connectivity index (χ3v) is 5.56. The smallest absolute Gasteiger partial charge is 0.417 e. The van der Waals surface area contributed by atoms with Gasteiger partial charge in [-0.3, -0.25) is 0 Å². The Morgan fingerprint density at radius 3 is 1.88 bits per heavy atom. The van der Waals surface area contributed by atoms with Crippen molar-refractivity contribution >= 4 is 11.1 Å². The van der Waals surface area contributed by atoms with Crippen LogP contribution in [0.1, 0.15) is 49.3 Å². The molecule has 3 aromatic carbocycles. The van der Waals surface area contributed by atoms with Crippen molar-refractivity contribution in [3.63, 3.8) is 0 Å². The standard InChI is InChI=1S/C29H32F3NO/c1-2-3-4-11-20-33-21-22-34-26-18-16-24(17-19-26)27(23-12-7-5-8-13-23)28(29(30,31)32)25-14-9-6-10-15-25/h5-10,12-19,33H,2-4,11,20-22H2,1H3. The minimum atomic E-state index is -4.52. The van der Waals surface area contributed by atoms with E-state index in [1.807, 2.05) is 0 Å². The van der Waals surface area contributed by atoms with Crippen molar-refractivity contribution < 1.29 is 17.9 Å². The van der Waals surface area contributed by atoms with Gasteiger partial charge in [0.15, 0.2) is 0 Å². The maximum atomic E-state index is 14.4. The molecule has 0 spiro atoms. The number of hydrogen-bond donors (Lipinski definition) is 1. The summed E-state index contributed by atoms with van der Waals surface area (Å²) >= 11 is 0. The van der Waals surface area contributed by atoms with Crippen LogP contribution in [0.2, 0.25) is 0 Å². The summed E-state index contributed by atoms with van der Waals surface area (Å²) in [7, 11) is 0. The zero-order valence-electron chi connectivity index (χ0n) is 19.6. The van der Waals surface area contributed by atoms with E-state index in [9.17, 15) is 13.2 Å². The molecule has 180 valence electrons. The molecular weight excluding hydrogens is 435 g/mol. The van der Waals surface area contributed by atoms with E-state index in [0.29, 0.717) is 23.5 Å². The maximum absolute atomic E-state index is 14.4. The Bertz CT molecular complexity index is 1010.